The SMILES string of the molecule is CCc1ccccc1NC(=O)CN1CCN(c2ncc([N+](=O)[O-])c(N)n2)CC1. The number of nitrogens with two attached hydrogens (primary N) is 1. The van der Waals surface area contributed by atoms with Crippen molar-refractivity contribution in [3.05, 3.63) is 46.1 Å². The van der Waals surface area contributed by atoms with Gasteiger partial charge in [-0.1, -0.05) is 25.1 Å². The highest BCUT2D eigenvalue weighted by atomic mass is 16.6. The molecular weight excluding hydrogens is 362 g/mol. The van der Waals surface area contributed by atoms with E-state index in [2.05, 4.69) is 27.1 Å². The molecule has 1 aromatic heterocycles. The van der Waals surface area contributed by atoms with Crippen LogP contribution in [0.5, 0.6) is 0 Å². The van der Waals surface area contributed by atoms with E-state index in [1.807, 2.05) is 29.2 Å². The lowest BCUT2D eigenvalue weighted by atomic mass is 10.1. The summed E-state index contributed by atoms with van der Waals surface area (Å²) in [5.74, 6) is 0.167. The fraction of sp³-hybridized carbons (Fsp3) is 0.389. The number of nitrogens with one attached hydrogen (secondary N) is 1. The number of rotatable bonds is 6. The van der Waals surface area contributed by atoms with Gasteiger partial charge in [0.05, 0.1) is 11.5 Å². The van der Waals surface area contributed by atoms with Gasteiger partial charge in [-0.2, -0.15) is 4.98 Å². The van der Waals surface area contributed by atoms with Gasteiger partial charge in [-0.25, -0.2) is 4.98 Å². The number of hydrogen-bond donors (Lipinski definition) is 2. The number of piperazine rings is 1. The van der Waals surface area contributed by atoms with Crippen LogP contribution in [0.15, 0.2) is 30.5 Å². The molecule has 10 nitrogen and oxygen atoms in total. The fourth-order valence-corrected chi connectivity index (χ4v) is 3.12. The number of amides is 1. The summed E-state index contributed by atoms with van der Waals surface area (Å²) in [6.07, 6.45) is 1.98. The minimum atomic E-state index is -0.605. The Morgan fingerprint density at radius 3 is 2.64 bits per heavy atom. The van der Waals surface area contributed by atoms with Crippen LogP contribution in [0.25, 0.3) is 0 Å². The molecule has 3 rings (SSSR count). The predicted molar refractivity (Wildman–Crippen MR) is 106 cm³/mol. The van der Waals surface area contributed by atoms with Crippen LogP contribution in [0.2, 0.25) is 0 Å². The van der Waals surface area contributed by atoms with Gasteiger partial charge in [0.15, 0.2) is 0 Å². The van der Waals surface area contributed by atoms with Crippen LogP contribution in [0.4, 0.5) is 23.1 Å². The van der Waals surface area contributed by atoms with Gasteiger partial charge in [-0.3, -0.25) is 19.8 Å². The van der Waals surface area contributed by atoms with Crippen LogP contribution in [-0.4, -0.2) is 58.4 Å². The van der Waals surface area contributed by atoms with Crippen molar-refractivity contribution in [3.8, 4) is 0 Å². The molecule has 1 aromatic carbocycles. The van der Waals surface area contributed by atoms with Crippen LogP contribution in [-0.2, 0) is 11.2 Å². The molecule has 0 aliphatic carbocycles. The standard InChI is InChI=1S/C18H23N7O3/c1-2-13-5-3-4-6-14(13)21-16(26)12-23-7-9-24(10-8-23)18-20-11-15(25(27)28)17(19)22-18/h3-6,11H,2,7-10,12H2,1H3,(H,21,26)(H2,19,20,22). The molecule has 3 N–H and O–H groups in total. The largest absolute Gasteiger partial charge is 0.378 e. The number of nitrogens with zero attached hydrogens (tertiary/aromatic N) is 5. The first-order chi connectivity index (χ1) is 13.5. The second-order valence-corrected chi connectivity index (χ2v) is 6.52. The van der Waals surface area contributed by atoms with Crippen molar-refractivity contribution >= 4 is 29.0 Å². The third kappa shape index (κ3) is 4.52. The third-order valence-electron chi connectivity index (χ3n) is 4.68. The summed E-state index contributed by atoms with van der Waals surface area (Å²) in [6, 6.07) is 7.78. The molecule has 0 spiro atoms. The summed E-state index contributed by atoms with van der Waals surface area (Å²) >= 11 is 0. The quantitative estimate of drug-likeness (QED) is 0.562. The maximum absolute atomic E-state index is 12.4. The van der Waals surface area contributed by atoms with Gasteiger partial charge in [0.25, 0.3) is 0 Å². The van der Waals surface area contributed by atoms with Crippen molar-refractivity contribution in [2.75, 3.05) is 48.7 Å². The molecule has 10 heteroatoms. The van der Waals surface area contributed by atoms with E-state index in [0.717, 1.165) is 23.9 Å². The Labute approximate surface area is 162 Å². The molecule has 0 unspecified atom stereocenters. The minimum absolute atomic E-state index is 0.0508. The first-order valence-electron chi connectivity index (χ1n) is 9.10. The lowest BCUT2D eigenvalue weighted by molar-refractivity contribution is -0.384. The second kappa shape index (κ2) is 8.61. The normalized spacial score (nSPS) is 14.7. The Morgan fingerprint density at radius 1 is 1.29 bits per heavy atom. The molecule has 1 amide bonds. The molecule has 148 valence electrons. The van der Waals surface area contributed by atoms with E-state index >= 15 is 0 Å². The second-order valence-electron chi connectivity index (χ2n) is 6.52. The van der Waals surface area contributed by atoms with E-state index in [-0.39, 0.29) is 17.4 Å². The highest BCUT2D eigenvalue weighted by Crippen LogP contribution is 2.21. The Hall–Kier alpha value is -3.27. The molecule has 0 atom stereocenters. The Balaban J connectivity index is 1.53. The zero-order valence-corrected chi connectivity index (χ0v) is 15.7. The van der Waals surface area contributed by atoms with Crippen molar-refractivity contribution < 1.29 is 9.72 Å². The zero-order valence-electron chi connectivity index (χ0n) is 15.7. The van der Waals surface area contributed by atoms with E-state index in [4.69, 9.17) is 5.73 Å². The number of nitrogen functional groups attached to an aromatic ring is 1. The fourth-order valence-electron chi connectivity index (χ4n) is 3.12. The number of aromatic nitrogens is 2. The average molecular weight is 385 g/mol. The topological polar surface area (TPSA) is 131 Å². The summed E-state index contributed by atoms with van der Waals surface area (Å²) in [4.78, 5) is 34.6. The summed E-state index contributed by atoms with van der Waals surface area (Å²) in [5.41, 5.74) is 7.29. The molecule has 1 saturated heterocycles. The van der Waals surface area contributed by atoms with Crippen LogP contribution in [0.3, 0.4) is 0 Å². The van der Waals surface area contributed by atoms with Crippen molar-refractivity contribution in [3.63, 3.8) is 0 Å². The van der Waals surface area contributed by atoms with Crippen LogP contribution in [0, 0.1) is 10.1 Å². The Kier molecular flexibility index (Phi) is 5.99. The first-order valence-corrected chi connectivity index (χ1v) is 9.10. The molecule has 28 heavy (non-hydrogen) atoms. The maximum Gasteiger partial charge on any atom is 0.329 e. The summed E-state index contributed by atoms with van der Waals surface area (Å²) in [5, 5.41) is 13.8. The van der Waals surface area contributed by atoms with E-state index in [1.54, 1.807) is 0 Å². The molecule has 1 fully saturated rings. The van der Waals surface area contributed by atoms with Crippen molar-refractivity contribution in [2.24, 2.45) is 0 Å². The van der Waals surface area contributed by atoms with Crippen molar-refractivity contribution in [1.29, 1.82) is 0 Å². The van der Waals surface area contributed by atoms with Gasteiger partial charge in [0.2, 0.25) is 17.7 Å². The first kappa shape index (κ1) is 19.5. The Morgan fingerprint density at radius 2 is 2.00 bits per heavy atom. The van der Waals surface area contributed by atoms with Crippen LogP contribution in [0.1, 0.15) is 12.5 Å². The van der Waals surface area contributed by atoms with Crippen LogP contribution >= 0.6 is 0 Å². The molecule has 2 aromatic rings. The van der Waals surface area contributed by atoms with Gasteiger partial charge in [0.1, 0.15) is 6.20 Å². The number of hydrogen-bond acceptors (Lipinski definition) is 8. The summed E-state index contributed by atoms with van der Waals surface area (Å²) in [7, 11) is 0. The predicted octanol–water partition coefficient (Wildman–Crippen LogP) is 1.29. The number of carbonyl (C=O) groups is 1. The number of para-hydroxylation sites is 1. The van der Waals surface area contributed by atoms with Gasteiger partial charge < -0.3 is 16.0 Å². The molecule has 0 bridgehead atoms. The van der Waals surface area contributed by atoms with E-state index < -0.39 is 4.92 Å². The van der Waals surface area contributed by atoms with Crippen molar-refractivity contribution in [2.45, 2.75) is 13.3 Å². The lowest BCUT2D eigenvalue weighted by Gasteiger charge is -2.34. The number of carbonyl (C=O) groups excluding carboxylic acids is 1. The van der Waals surface area contributed by atoms with Crippen LogP contribution < -0.4 is 16.0 Å². The van der Waals surface area contributed by atoms with Gasteiger partial charge >= 0.3 is 5.69 Å². The number of benzene rings is 1. The van der Waals surface area contributed by atoms with Gasteiger partial charge in [-0.15, -0.1) is 0 Å². The highest BCUT2D eigenvalue weighted by molar-refractivity contribution is 5.93. The van der Waals surface area contributed by atoms with Gasteiger partial charge in [-0.05, 0) is 18.1 Å². The molecular formula is C18H23N7O3. The van der Waals surface area contributed by atoms with Crippen molar-refractivity contribution in [1.82, 2.24) is 14.9 Å². The summed E-state index contributed by atoms with van der Waals surface area (Å²) < 4.78 is 0. The molecule has 1 aliphatic heterocycles. The molecule has 0 saturated carbocycles. The smallest absolute Gasteiger partial charge is 0.329 e. The highest BCUT2D eigenvalue weighted by Gasteiger charge is 2.23. The average Bonchev–Trinajstić information content (AvgIpc) is 2.68. The molecule has 2 heterocycles. The van der Waals surface area contributed by atoms with E-state index in [0.29, 0.717) is 38.7 Å². The van der Waals surface area contributed by atoms with E-state index in [1.165, 1.54) is 0 Å². The Bertz CT molecular complexity index is 866. The monoisotopic (exact) mass is 385 g/mol. The zero-order chi connectivity index (χ0) is 20.1. The summed E-state index contributed by atoms with van der Waals surface area (Å²) in [6.45, 7) is 4.88. The minimum Gasteiger partial charge on any atom is -0.378 e. The lowest BCUT2D eigenvalue weighted by Crippen LogP contribution is -2.49. The number of aryl methyl sites for hydroxylation is 1. The number of anilines is 3. The number of nitro groups is 1. The third-order valence-corrected chi connectivity index (χ3v) is 4.68. The van der Waals surface area contributed by atoms with E-state index in [9.17, 15) is 14.9 Å². The molecule has 1 aliphatic rings. The van der Waals surface area contributed by atoms with Gasteiger partial charge in [0, 0.05) is 31.9 Å². The molecule has 0 radical (unpaired) electrons. The maximum atomic E-state index is 12.4.